The van der Waals surface area contributed by atoms with Crippen molar-refractivity contribution in [3.8, 4) is 0 Å². The molecule has 1 fully saturated rings. The highest BCUT2D eigenvalue weighted by Gasteiger charge is 2.29. The molecule has 4 heteroatoms. The van der Waals surface area contributed by atoms with E-state index in [9.17, 15) is 0 Å². The second-order valence-corrected chi connectivity index (χ2v) is 4.46. The molecule has 1 N–H and O–H groups in total. The Hall–Kier alpha value is -0.640. The molecule has 1 rings (SSSR count). The molecule has 0 amide bonds. The van der Waals surface area contributed by atoms with Crippen molar-refractivity contribution in [3.05, 3.63) is 0 Å². The van der Waals surface area contributed by atoms with Crippen LogP contribution < -0.4 is 5.43 Å². The average Bonchev–Trinajstić information content (AvgIpc) is 2.01. The van der Waals surface area contributed by atoms with Gasteiger partial charge in [-0.2, -0.15) is 5.10 Å². The highest BCUT2D eigenvalue weighted by molar-refractivity contribution is 7.80. The lowest BCUT2D eigenvalue weighted by Gasteiger charge is -2.34. The minimum Gasteiger partial charge on any atom is -0.354 e. The minimum absolute atomic E-state index is 0.314. The van der Waals surface area contributed by atoms with Gasteiger partial charge in [0.05, 0.1) is 0 Å². The fraction of sp³-hybridized carbons (Fsp3) is 0.778. The van der Waals surface area contributed by atoms with Gasteiger partial charge >= 0.3 is 0 Å². The molecule has 0 aromatic heterocycles. The van der Waals surface area contributed by atoms with E-state index in [2.05, 4.69) is 17.5 Å². The summed E-state index contributed by atoms with van der Waals surface area (Å²) in [5.74, 6) is 0. The maximum atomic E-state index is 5.02. The van der Waals surface area contributed by atoms with Crippen molar-refractivity contribution in [3.63, 3.8) is 0 Å². The summed E-state index contributed by atoms with van der Waals surface area (Å²) in [7, 11) is 3.80. The van der Waals surface area contributed by atoms with E-state index in [-0.39, 0.29) is 0 Å². The van der Waals surface area contributed by atoms with Crippen LogP contribution in [-0.2, 0) is 0 Å². The summed E-state index contributed by atoms with van der Waals surface area (Å²) in [6, 6.07) is 0. The summed E-state index contributed by atoms with van der Waals surface area (Å²) in [5, 5.41) is 4.78. The van der Waals surface area contributed by atoms with Gasteiger partial charge in [-0.05, 0) is 25.1 Å². The first kappa shape index (κ1) is 10.4. The molecule has 0 atom stereocenters. The second kappa shape index (κ2) is 4.05. The molecular weight excluding hydrogens is 182 g/mol. The maximum absolute atomic E-state index is 5.02. The number of nitrogens with zero attached hydrogens (tertiary/aromatic N) is 2. The Kier molecular flexibility index (Phi) is 3.25. The topological polar surface area (TPSA) is 27.6 Å². The Morgan fingerprint density at radius 2 is 2.15 bits per heavy atom. The van der Waals surface area contributed by atoms with Crippen molar-refractivity contribution < 1.29 is 0 Å². The second-order valence-electron chi connectivity index (χ2n) is 4.08. The van der Waals surface area contributed by atoms with Crippen LogP contribution in [-0.4, -0.2) is 30.3 Å². The molecule has 0 aliphatic heterocycles. The molecule has 74 valence electrons. The van der Waals surface area contributed by atoms with E-state index in [1.807, 2.05) is 25.2 Å². The summed E-state index contributed by atoms with van der Waals surface area (Å²) in [6.07, 6.45) is 5.78. The SMILES string of the molecule is CN(C)C(=S)N/N=C/C1(C)CCC1. The van der Waals surface area contributed by atoms with Crippen LogP contribution in [0.2, 0.25) is 0 Å². The zero-order valence-electron chi connectivity index (χ0n) is 8.50. The standard InChI is InChI=1S/C9H17N3S/c1-9(5-4-6-9)7-10-11-8(13)12(2)3/h7H,4-6H2,1-3H3,(H,11,13)/b10-7+. The molecule has 0 heterocycles. The first-order valence-corrected chi connectivity index (χ1v) is 4.96. The number of hydrogen-bond acceptors (Lipinski definition) is 2. The van der Waals surface area contributed by atoms with Crippen molar-refractivity contribution in [2.24, 2.45) is 10.5 Å². The van der Waals surface area contributed by atoms with Crippen LogP contribution in [0.25, 0.3) is 0 Å². The molecule has 3 nitrogen and oxygen atoms in total. The van der Waals surface area contributed by atoms with Gasteiger partial charge in [0.2, 0.25) is 0 Å². The van der Waals surface area contributed by atoms with Crippen LogP contribution in [0.5, 0.6) is 0 Å². The van der Waals surface area contributed by atoms with Crippen LogP contribution in [0.4, 0.5) is 0 Å². The Balaban J connectivity index is 2.29. The van der Waals surface area contributed by atoms with Crippen molar-refractivity contribution in [2.75, 3.05) is 14.1 Å². The van der Waals surface area contributed by atoms with Gasteiger partial charge in [-0.25, -0.2) is 0 Å². The van der Waals surface area contributed by atoms with Crippen LogP contribution in [0.15, 0.2) is 5.10 Å². The van der Waals surface area contributed by atoms with Gasteiger partial charge in [0.1, 0.15) is 0 Å². The van der Waals surface area contributed by atoms with E-state index in [1.165, 1.54) is 19.3 Å². The largest absolute Gasteiger partial charge is 0.354 e. The lowest BCUT2D eigenvalue weighted by atomic mass is 9.72. The number of hydrogen-bond donors (Lipinski definition) is 1. The summed E-state index contributed by atoms with van der Waals surface area (Å²) in [6.45, 7) is 2.22. The number of thiocarbonyl (C=S) groups is 1. The Labute approximate surface area is 85.2 Å². The normalized spacial score (nSPS) is 19.6. The summed E-state index contributed by atoms with van der Waals surface area (Å²) < 4.78 is 0. The smallest absolute Gasteiger partial charge is 0.189 e. The lowest BCUT2D eigenvalue weighted by Crippen LogP contribution is -2.33. The molecule has 1 saturated carbocycles. The molecule has 0 spiro atoms. The van der Waals surface area contributed by atoms with E-state index >= 15 is 0 Å². The van der Waals surface area contributed by atoms with Crippen molar-refractivity contribution >= 4 is 23.5 Å². The number of rotatable bonds is 2. The minimum atomic E-state index is 0.314. The molecule has 0 aromatic rings. The van der Waals surface area contributed by atoms with Crippen LogP contribution in [0.1, 0.15) is 26.2 Å². The van der Waals surface area contributed by atoms with E-state index in [4.69, 9.17) is 12.2 Å². The Bertz CT molecular complexity index is 219. The third-order valence-electron chi connectivity index (χ3n) is 2.44. The summed E-state index contributed by atoms with van der Waals surface area (Å²) in [5.41, 5.74) is 3.15. The molecule has 0 unspecified atom stereocenters. The molecule has 0 bridgehead atoms. The maximum Gasteiger partial charge on any atom is 0.189 e. The molecular formula is C9H17N3S. The zero-order chi connectivity index (χ0) is 9.90. The van der Waals surface area contributed by atoms with Crippen molar-refractivity contribution in [2.45, 2.75) is 26.2 Å². The molecule has 1 aliphatic rings. The molecule has 1 aliphatic carbocycles. The van der Waals surface area contributed by atoms with Crippen LogP contribution >= 0.6 is 12.2 Å². The van der Waals surface area contributed by atoms with E-state index in [0.717, 1.165) is 0 Å². The van der Waals surface area contributed by atoms with Gasteiger partial charge in [0, 0.05) is 25.7 Å². The zero-order valence-corrected chi connectivity index (χ0v) is 9.32. The predicted molar refractivity (Wildman–Crippen MR) is 59.9 cm³/mol. The van der Waals surface area contributed by atoms with Gasteiger partial charge in [0.25, 0.3) is 0 Å². The highest BCUT2D eigenvalue weighted by atomic mass is 32.1. The van der Waals surface area contributed by atoms with Gasteiger partial charge in [-0.1, -0.05) is 13.3 Å². The van der Waals surface area contributed by atoms with Gasteiger partial charge < -0.3 is 4.90 Å². The highest BCUT2D eigenvalue weighted by Crippen LogP contribution is 2.38. The van der Waals surface area contributed by atoms with E-state index in [1.54, 1.807) is 0 Å². The van der Waals surface area contributed by atoms with Gasteiger partial charge in [0.15, 0.2) is 5.11 Å². The third kappa shape index (κ3) is 2.95. The van der Waals surface area contributed by atoms with E-state index in [0.29, 0.717) is 10.5 Å². The summed E-state index contributed by atoms with van der Waals surface area (Å²) in [4.78, 5) is 1.83. The molecule has 13 heavy (non-hydrogen) atoms. The van der Waals surface area contributed by atoms with Crippen LogP contribution in [0, 0.1) is 5.41 Å². The van der Waals surface area contributed by atoms with Crippen molar-refractivity contribution in [1.82, 2.24) is 10.3 Å². The fourth-order valence-corrected chi connectivity index (χ4v) is 1.26. The van der Waals surface area contributed by atoms with Gasteiger partial charge in [-0.15, -0.1) is 0 Å². The molecule has 0 aromatic carbocycles. The van der Waals surface area contributed by atoms with Gasteiger partial charge in [-0.3, -0.25) is 5.43 Å². The fourth-order valence-electron chi connectivity index (χ4n) is 1.21. The quantitative estimate of drug-likeness (QED) is 0.416. The average molecular weight is 199 g/mol. The first-order valence-electron chi connectivity index (χ1n) is 4.55. The number of nitrogens with one attached hydrogen (secondary N) is 1. The van der Waals surface area contributed by atoms with Crippen LogP contribution in [0.3, 0.4) is 0 Å². The van der Waals surface area contributed by atoms with E-state index < -0.39 is 0 Å². The third-order valence-corrected chi connectivity index (χ3v) is 2.89. The van der Waals surface area contributed by atoms with Crippen molar-refractivity contribution in [1.29, 1.82) is 0 Å². The Morgan fingerprint density at radius 1 is 1.54 bits per heavy atom. The lowest BCUT2D eigenvalue weighted by molar-refractivity contribution is 0.269. The predicted octanol–water partition coefficient (Wildman–Crippen LogP) is 1.60. The molecule has 0 saturated heterocycles. The monoisotopic (exact) mass is 199 g/mol. The summed E-state index contributed by atoms with van der Waals surface area (Å²) >= 11 is 5.02. The Morgan fingerprint density at radius 3 is 2.54 bits per heavy atom. The number of hydrazone groups is 1. The molecule has 0 radical (unpaired) electrons. The first-order chi connectivity index (χ1) is 6.03.